The van der Waals surface area contributed by atoms with E-state index in [-0.39, 0.29) is 18.5 Å². The molecule has 120 valence electrons. The van der Waals surface area contributed by atoms with Gasteiger partial charge in [-0.3, -0.25) is 9.78 Å². The minimum Gasteiger partial charge on any atom is -0.341 e. The summed E-state index contributed by atoms with van der Waals surface area (Å²) < 4.78 is 0. The quantitative estimate of drug-likeness (QED) is 0.913. The van der Waals surface area contributed by atoms with Crippen LogP contribution in [0.2, 0.25) is 0 Å². The topological polar surface area (TPSA) is 74.3 Å². The van der Waals surface area contributed by atoms with E-state index in [1.54, 1.807) is 17.3 Å². The van der Waals surface area contributed by atoms with Crippen molar-refractivity contribution in [2.75, 3.05) is 25.0 Å². The second kappa shape index (κ2) is 6.64. The Morgan fingerprint density at radius 2 is 2.00 bits per heavy atom. The van der Waals surface area contributed by atoms with Gasteiger partial charge >= 0.3 is 6.03 Å². The van der Waals surface area contributed by atoms with Crippen LogP contribution >= 0.6 is 0 Å². The van der Waals surface area contributed by atoms with E-state index in [4.69, 9.17) is 0 Å². The third-order valence-electron chi connectivity index (χ3n) is 4.09. The standard InChI is InChI=1S/C17H20N4O2/c1-12-8-14-10-18-5-4-13(14)9-15(12)20-17(23)19-11-16(22)21-6-2-3-7-21/h4-5,8-10H,2-3,6-7,11H2,1H3,(H2,19,20,23). The van der Waals surface area contributed by atoms with Gasteiger partial charge in [-0.1, -0.05) is 0 Å². The average molecular weight is 312 g/mol. The summed E-state index contributed by atoms with van der Waals surface area (Å²) >= 11 is 0. The fourth-order valence-corrected chi connectivity index (χ4v) is 2.79. The maximum Gasteiger partial charge on any atom is 0.319 e. The van der Waals surface area contributed by atoms with Crippen LogP contribution in [0.25, 0.3) is 10.8 Å². The van der Waals surface area contributed by atoms with Crippen LogP contribution in [-0.2, 0) is 4.79 Å². The van der Waals surface area contributed by atoms with E-state index in [2.05, 4.69) is 15.6 Å². The lowest BCUT2D eigenvalue weighted by Gasteiger charge is -2.16. The fraction of sp³-hybridized carbons (Fsp3) is 0.353. The van der Waals surface area contributed by atoms with Gasteiger partial charge in [0.2, 0.25) is 5.91 Å². The molecule has 0 unspecified atom stereocenters. The molecule has 23 heavy (non-hydrogen) atoms. The molecule has 0 bridgehead atoms. The van der Waals surface area contributed by atoms with E-state index < -0.39 is 0 Å². The Morgan fingerprint density at radius 1 is 1.22 bits per heavy atom. The average Bonchev–Trinajstić information content (AvgIpc) is 3.08. The molecule has 0 saturated carbocycles. The number of nitrogens with one attached hydrogen (secondary N) is 2. The van der Waals surface area contributed by atoms with Gasteiger partial charge < -0.3 is 15.5 Å². The second-order valence-electron chi connectivity index (χ2n) is 5.79. The highest BCUT2D eigenvalue weighted by Gasteiger charge is 2.18. The first-order chi connectivity index (χ1) is 11.1. The Balaban J connectivity index is 1.61. The minimum absolute atomic E-state index is 0.0287. The van der Waals surface area contributed by atoms with E-state index in [0.717, 1.165) is 48.0 Å². The van der Waals surface area contributed by atoms with Gasteiger partial charge in [0, 0.05) is 36.6 Å². The Kier molecular flexibility index (Phi) is 4.41. The van der Waals surface area contributed by atoms with Crippen LogP contribution in [0.4, 0.5) is 10.5 Å². The van der Waals surface area contributed by atoms with Crippen LogP contribution in [0.15, 0.2) is 30.6 Å². The first-order valence-electron chi connectivity index (χ1n) is 7.80. The molecule has 2 aromatic rings. The van der Waals surface area contributed by atoms with Crippen molar-refractivity contribution >= 4 is 28.4 Å². The zero-order valence-corrected chi connectivity index (χ0v) is 13.1. The Bertz CT molecular complexity index is 738. The lowest BCUT2D eigenvalue weighted by Crippen LogP contribution is -2.40. The molecule has 2 N–H and O–H groups in total. The molecular formula is C17H20N4O2. The van der Waals surface area contributed by atoms with E-state index in [1.807, 2.05) is 25.1 Å². The number of benzene rings is 1. The van der Waals surface area contributed by atoms with Gasteiger partial charge in [-0.15, -0.1) is 0 Å². The van der Waals surface area contributed by atoms with E-state index in [1.165, 1.54) is 0 Å². The number of anilines is 1. The molecule has 0 radical (unpaired) electrons. The molecule has 1 aromatic carbocycles. The predicted molar refractivity (Wildman–Crippen MR) is 89.3 cm³/mol. The van der Waals surface area contributed by atoms with Gasteiger partial charge in [-0.25, -0.2) is 4.79 Å². The number of urea groups is 1. The number of hydrogen-bond donors (Lipinski definition) is 2. The molecule has 0 atom stereocenters. The second-order valence-corrected chi connectivity index (χ2v) is 5.79. The number of amides is 3. The third kappa shape index (κ3) is 3.59. The van der Waals surface area contributed by atoms with Gasteiger partial charge in [-0.05, 0) is 48.9 Å². The largest absolute Gasteiger partial charge is 0.341 e. The highest BCUT2D eigenvalue weighted by Crippen LogP contribution is 2.22. The molecule has 1 aliphatic heterocycles. The molecule has 6 nitrogen and oxygen atoms in total. The molecule has 0 aliphatic carbocycles. The van der Waals surface area contributed by atoms with Crippen molar-refractivity contribution in [3.8, 4) is 0 Å². The smallest absolute Gasteiger partial charge is 0.319 e. The zero-order chi connectivity index (χ0) is 16.2. The lowest BCUT2D eigenvalue weighted by atomic mass is 10.1. The highest BCUT2D eigenvalue weighted by atomic mass is 16.2. The maximum atomic E-state index is 12.0. The number of aromatic nitrogens is 1. The maximum absolute atomic E-state index is 12.0. The number of pyridine rings is 1. The van der Waals surface area contributed by atoms with E-state index in [9.17, 15) is 9.59 Å². The van der Waals surface area contributed by atoms with Gasteiger partial charge in [-0.2, -0.15) is 0 Å². The van der Waals surface area contributed by atoms with Crippen molar-refractivity contribution in [1.29, 1.82) is 0 Å². The van der Waals surface area contributed by atoms with Crippen LogP contribution in [0.1, 0.15) is 18.4 Å². The Hall–Kier alpha value is -2.63. The van der Waals surface area contributed by atoms with Crippen molar-refractivity contribution in [3.05, 3.63) is 36.2 Å². The summed E-state index contributed by atoms with van der Waals surface area (Å²) in [5.41, 5.74) is 1.68. The van der Waals surface area contributed by atoms with Crippen molar-refractivity contribution in [3.63, 3.8) is 0 Å². The predicted octanol–water partition coefficient (Wildman–Crippen LogP) is 2.29. The highest BCUT2D eigenvalue weighted by molar-refractivity contribution is 5.96. The fourth-order valence-electron chi connectivity index (χ4n) is 2.79. The molecule has 1 fully saturated rings. The number of likely N-dealkylation sites (tertiary alicyclic amines) is 1. The summed E-state index contributed by atoms with van der Waals surface area (Å²) in [7, 11) is 0. The van der Waals surface area contributed by atoms with Crippen LogP contribution in [0, 0.1) is 6.92 Å². The molecular weight excluding hydrogens is 292 g/mol. The van der Waals surface area contributed by atoms with Crippen LogP contribution in [0.3, 0.4) is 0 Å². The SMILES string of the molecule is Cc1cc2cnccc2cc1NC(=O)NCC(=O)N1CCCC1. The normalized spacial score (nSPS) is 14.0. The number of hydrogen-bond acceptors (Lipinski definition) is 3. The van der Waals surface area contributed by atoms with Crippen LogP contribution in [0.5, 0.6) is 0 Å². The molecule has 3 amide bonds. The van der Waals surface area contributed by atoms with Crippen molar-refractivity contribution in [2.45, 2.75) is 19.8 Å². The first-order valence-corrected chi connectivity index (χ1v) is 7.80. The van der Waals surface area contributed by atoms with Gasteiger partial charge in [0.15, 0.2) is 0 Å². The summed E-state index contributed by atoms with van der Waals surface area (Å²) in [6, 6.07) is 5.42. The van der Waals surface area contributed by atoms with Crippen molar-refractivity contribution in [2.24, 2.45) is 0 Å². The van der Waals surface area contributed by atoms with Crippen molar-refractivity contribution < 1.29 is 9.59 Å². The molecule has 1 saturated heterocycles. The van der Waals surface area contributed by atoms with Gasteiger partial charge in [0.1, 0.15) is 0 Å². The summed E-state index contributed by atoms with van der Waals surface area (Å²) in [5, 5.41) is 7.47. The number of aryl methyl sites for hydroxylation is 1. The molecule has 3 rings (SSSR count). The van der Waals surface area contributed by atoms with Crippen LogP contribution < -0.4 is 10.6 Å². The van der Waals surface area contributed by atoms with Crippen molar-refractivity contribution in [1.82, 2.24) is 15.2 Å². The number of carbonyl (C=O) groups excluding carboxylic acids is 2. The van der Waals surface area contributed by atoms with Crippen LogP contribution in [-0.4, -0.2) is 41.5 Å². The summed E-state index contributed by atoms with van der Waals surface area (Å²) in [4.78, 5) is 29.8. The third-order valence-corrected chi connectivity index (χ3v) is 4.09. The lowest BCUT2D eigenvalue weighted by molar-refractivity contribution is -0.128. The monoisotopic (exact) mass is 312 g/mol. The molecule has 0 spiro atoms. The molecule has 1 aromatic heterocycles. The zero-order valence-electron chi connectivity index (χ0n) is 13.1. The number of nitrogens with zero attached hydrogens (tertiary/aromatic N) is 2. The molecule has 1 aliphatic rings. The van der Waals surface area contributed by atoms with Gasteiger partial charge in [0.05, 0.1) is 6.54 Å². The van der Waals surface area contributed by atoms with Gasteiger partial charge in [0.25, 0.3) is 0 Å². The molecule has 6 heteroatoms. The minimum atomic E-state index is -0.367. The van der Waals surface area contributed by atoms with E-state index >= 15 is 0 Å². The number of fused-ring (bicyclic) bond motifs is 1. The number of carbonyl (C=O) groups is 2. The summed E-state index contributed by atoms with van der Waals surface area (Å²) in [5.74, 6) is -0.0287. The Labute approximate surface area is 134 Å². The van der Waals surface area contributed by atoms with E-state index in [0.29, 0.717) is 0 Å². The molecule has 2 heterocycles. The Morgan fingerprint density at radius 3 is 2.78 bits per heavy atom. The summed E-state index contributed by atoms with van der Waals surface area (Å²) in [6.45, 7) is 3.54. The first kappa shape index (κ1) is 15.3. The number of rotatable bonds is 3. The summed E-state index contributed by atoms with van der Waals surface area (Å²) in [6.07, 6.45) is 5.60.